The Hall–Kier alpha value is -3.88. The van der Waals surface area contributed by atoms with E-state index in [0.717, 1.165) is 12.1 Å². The van der Waals surface area contributed by atoms with Crippen LogP contribution in [0, 0.1) is 11.6 Å². The van der Waals surface area contributed by atoms with Crippen molar-refractivity contribution in [2.24, 2.45) is 0 Å². The van der Waals surface area contributed by atoms with Gasteiger partial charge in [-0.15, -0.1) is 0 Å². The van der Waals surface area contributed by atoms with Crippen molar-refractivity contribution < 1.29 is 18.4 Å². The van der Waals surface area contributed by atoms with E-state index >= 15 is 0 Å². The molecule has 3 rings (SSSR count). The van der Waals surface area contributed by atoms with Crippen LogP contribution in [0.15, 0.2) is 54.7 Å². The second-order valence-electron chi connectivity index (χ2n) is 5.73. The van der Waals surface area contributed by atoms with E-state index in [-0.39, 0.29) is 23.2 Å². The van der Waals surface area contributed by atoms with Crippen LogP contribution in [0.4, 0.5) is 31.8 Å². The van der Waals surface area contributed by atoms with Gasteiger partial charge < -0.3 is 16.0 Å². The van der Waals surface area contributed by atoms with Crippen molar-refractivity contribution in [1.29, 1.82) is 0 Å². The number of carbonyl (C=O) groups excluding carboxylic acids is 2. The van der Waals surface area contributed by atoms with Gasteiger partial charge in [0.05, 0.1) is 5.69 Å². The van der Waals surface area contributed by atoms with Crippen molar-refractivity contribution in [1.82, 2.24) is 9.97 Å². The number of benzene rings is 2. The van der Waals surface area contributed by atoms with Gasteiger partial charge in [-0.05, 0) is 42.5 Å². The smallest absolute Gasteiger partial charge is 0.274 e. The van der Waals surface area contributed by atoms with Crippen LogP contribution in [0.1, 0.15) is 17.4 Å². The summed E-state index contributed by atoms with van der Waals surface area (Å²) in [5.74, 6) is -2.33. The van der Waals surface area contributed by atoms with Crippen LogP contribution < -0.4 is 16.0 Å². The van der Waals surface area contributed by atoms with Gasteiger partial charge in [0.2, 0.25) is 11.9 Å². The molecule has 1 aromatic heterocycles. The summed E-state index contributed by atoms with van der Waals surface area (Å²) in [6.45, 7) is 1.41. The van der Waals surface area contributed by atoms with Gasteiger partial charge in [0.1, 0.15) is 17.3 Å². The molecule has 0 radical (unpaired) electrons. The molecule has 3 N–H and O–H groups in total. The molecule has 1 heterocycles. The minimum atomic E-state index is -0.889. The summed E-state index contributed by atoms with van der Waals surface area (Å²) < 4.78 is 26.6. The molecule has 0 saturated carbocycles. The van der Waals surface area contributed by atoms with E-state index < -0.39 is 17.5 Å². The lowest BCUT2D eigenvalue weighted by Gasteiger charge is -2.09. The monoisotopic (exact) mass is 383 g/mol. The van der Waals surface area contributed by atoms with Crippen LogP contribution >= 0.6 is 0 Å². The van der Waals surface area contributed by atoms with Crippen molar-refractivity contribution >= 4 is 34.8 Å². The third-order valence-corrected chi connectivity index (χ3v) is 3.53. The molecule has 9 heteroatoms. The predicted octanol–water partition coefficient (Wildman–Crippen LogP) is 3.71. The van der Waals surface area contributed by atoms with Crippen LogP contribution in [-0.4, -0.2) is 21.8 Å². The maximum Gasteiger partial charge on any atom is 0.274 e. The van der Waals surface area contributed by atoms with Crippen LogP contribution in [0.25, 0.3) is 0 Å². The highest BCUT2D eigenvalue weighted by atomic mass is 19.1. The predicted molar refractivity (Wildman–Crippen MR) is 100 cm³/mol. The molecule has 0 fully saturated rings. The number of nitrogens with one attached hydrogen (secondary N) is 3. The zero-order valence-corrected chi connectivity index (χ0v) is 14.7. The Labute approximate surface area is 158 Å². The first-order valence-electron chi connectivity index (χ1n) is 8.15. The van der Waals surface area contributed by atoms with Crippen LogP contribution in [0.2, 0.25) is 0 Å². The number of amides is 2. The molecule has 0 spiro atoms. The highest BCUT2D eigenvalue weighted by molar-refractivity contribution is 6.03. The topological polar surface area (TPSA) is 96.0 Å². The molecule has 142 valence electrons. The summed E-state index contributed by atoms with van der Waals surface area (Å²) in [6, 6.07) is 11.0. The Kier molecular flexibility index (Phi) is 5.54. The van der Waals surface area contributed by atoms with Gasteiger partial charge in [0.25, 0.3) is 5.91 Å². The van der Waals surface area contributed by atoms with Gasteiger partial charge in [0, 0.05) is 30.6 Å². The highest BCUT2D eigenvalue weighted by Crippen LogP contribution is 2.18. The number of carbonyl (C=O) groups is 2. The Balaban J connectivity index is 1.71. The molecule has 3 aromatic rings. The number of aromatic nitrogens is 2. The summed E-state index contributed by atoms with van der Waals surface area (Å²) >= 11 is 0. The number of hydrogen-bond acceptors (Lipinski definition) is 5. The number of halogens is 2. The lowest BCUT2D eigenvalue weighted by atomic mass is 10.2. The summed E-state index contributed by atoms with van der Waals surface area (Å²) in [5.41, 5.74) is 1.11. The van der Waals surface area contributed by atoms with Crippen molar-refractivity contribution in [3.05, 3.63) is 72.1 Å². The van der Waals surface area contributed by atoms with Crippen molar-refractivity contribution in [3.8, 4) is 0 Å². The van der Waals surface area contributed by atoms with Crippen molar-refractivity contribution in [3.63, 3.8) is 0 Å². The third-order valence-electron chi connectivity index (χ3n) is 3.53. The second-order valence-corrected chi connectivity index (χ2v) is 5.73. The molecule has 2 aromatic carbocycles. The van der Waals surface area contributed by atoms with E-state index in [9.17, 15) is 18.4 Å². The molecule has 2 amide bonds. The number of rotatable bonds is 5. The first-order chi connectivity index (χ1) is 13.4. The molecule has 7 nitrogen and oxygen atoms in total. The van der Waals surface area contributed by atoms with E-state index in [1.165, 1.54) is 19.2 Å². The average molecular weight is 383 g/mol. The molecule has 28 heavy (non-hydrogen) atoms. The molecule has 0 aliphatic heterocycles. The van der Waals surface area contributed by atoms with Gasteiger partial charge in [-0.25, -0.2) is 18.7 Å². The van der Waals surface area contributed by atoms with E-state index in [4.69, 9.17) is 0 Å². The SMILES string of the molecule is CC(=O)Nc1ccc(Nc2nccc(C(=O)Nc3ccc(F)cc3F)n2)cc1. The van der Waals surface area contributed by atoms with E-state index in [1.54, 1.807) is 24.3 Å². The van der Waals surface area contributed by atoms with Crippen molar-refractivity contribution in [2.75, 3.05) is 16.0 Å². The number of anilines is 4. The minimum absolute atomic E-state index is 0.00362. The Morgan fingerprint density at radius 1 is 0.929 bits per heavy atom. The molecular weight excluding hydrogens is 368 g/mol. The van der Waals surface area contributed by atoms with E-state index in [1.807, 2.05) is 0 Å². The fraction of sp³-hybridized carbons (Fsp3) is 0.0526. The highest BCUT2D eigenvalue weighted by Gasteiger charge is 2.12. The number of hydrogen-bond donors (Lipinski definition) is 3. The fourth-order valence-electron chi connectivity index (χ4n) is 2.29. The van der Waals surface area contributed by atoms with Gasteiger partial charge in [-0.1, -0.05) is 0 Å². The maximum atomic E-state index is 13.7. The zero-order valence-electron chi connectivity index (χ0n) is 14.7. The molecule has 0 bridgehead atoms. The first kappa shape index (κ1) is 18.9. The third kappa shape index (κ3) is 4.85. The average Bonchev–Trinajstić information content (AvgIpc) is 2.65. The quantitative estimate of drug-likeness (QED) is 0.624. The molecule has 0 aliphatic rings. The Morgan fingerprint density at radius 2 is 1.64 bits per heavy atom. The standard InChI is InChI=1S/C19H15F2N5O2/c1-11(27)23-13-3-5-14(6-4-13)24-19-22-9-8-17(26-19)18(28)25-16-7-2-12(20)10-15(16)21/h2-10H,1H3,(H,23,27)(H,25,28)(H,22,24,26). The summed E-state index contributed by atoms with van der Waals surface area (Å²) in [5, 5.41) is 7.90. The summed E-state index contributed by atoms with van der Waals surface area (Å²) in [4.78, 5) is 31.4. The van der Waals surface area contributed by atoms with Gasteiger partial charge in [-0.2, -0.15) is 0 Å². The summed E-state index contributed by atoms with van der Waals surface area (Å²) in [7, 11) is 0. The van der Waals surface area contributed by atoms with E-state index in [0.29, 0.717) is 17.4 Å². The molecule has 0 atom stereocenters. The lowest BCUT2D eigenvalue weighted by Crippen LogP contribution is -2.15. The van der Waals surface area contributed by atoms with Crippen LogP contribution in [0.3, 0.4) is 0 Å². The second kappa shape index (κ2) is 8.21. The van der Waals surface area contributed by atoms with Gasteiger partial charge in [0.15, 0.2) is 0 Å². The minimum Gasteiger partial charge on any atom is -0.326 e. The largest absolute Gasteiger partial charge is 0.326 e. The molecule has 0 unspecified atom stereocenters. The van der Waals surface area contributed by atoms with Crippen LogP contribution in [0.5, 0.6) is 0 Å². The summed E-state index contributed by atoms with van der Waals surface area (Å²) in [6.07, 6.45) is 1.37. The fourth-order valence-corrected chi connectivity index (χ4v) is 2.29. The molecular formula is C19H15F2N5O2. The van der Waals surface area contributed by atoms with E-state index in [2.05, 4.69) is 25.9 Å². The molecule has 0 saturated heterocycles. The number of nitrogens with zero attached hydrogens (tertiary/aromatic N) is 2. The first-order valence-corrected chi connectivity index (χ1v) is 8.15. The maximum absolute atomic E-state index is 13.7. The normalized spacial score (nSPS) is 10.2. The van der Waals surface area contributed by atoms with Gasteiger partial charge in [-0.3, -0.25) is 9.59 Å². The lowest BCUT2D eigenvalue weighted by molar-refractivity contribution is -0.114. The Morgan fingerprint density at radius 3 is 2.32 bits per heavy atom. The van der Waals surface area contributed by atoms with Gasteiger partial charge >= 0.3 is 0 Å². The Bertz CT molecular complexity index is 1030. The van der Waals surface area contributed by atoms with Crippen molar-refractivity contribution in [2.45, 2.75) is 6.92 Å². The molecule has 0 aliphatic carbocycles. The van der Waals surface area contributed by atoms with Crippen LogP contribution in [-0.2, 0) is 4.79 Å². The zero-order chi connectivity index (χ0) is 20.1.